The van der Waals surface area contributed by atoms with Gasteiger partial charge in [-0.2, -0.15) is 0 Å². The first-order valence-electron chi connectivity index (χ1n) is 19.4. The van der Waals surface area contributed by atoms with E-state index < -0.39 is 0 Å². The van der Waals surface area contributed by atoms with Crippen molar-refractivity contribution in [2.24, 2.45) is 11.3 Å². The van der Waals surface area contributed by atoms with Gasteiger partial charge in [0.05, 0.1) is 50.8 Å². The van der Waals surface area contributed by atoms with Crippen molar-refractivity contribution in [3.63, 3.8) is 0 Å². The lowest BCUT2D eigenvalue weighted by Gasteiger charge is -2.37. The molecule has 2 aromatic rings. The second kappa shape index (κ2) is 19.7. The molecule has 49 heavy (non-hydrogen) atoms. The molecule has 7 nitrogen and oxygen atoms in total. The van der Waals surface area contributed by atoms with E-state index >= 15 is 0 Å². The molecule has 1 saturated carbocycles. The van der Waals surface area contributed by atoms with Crippen molar-refractivity contribution in [3.05, 3.63) is 53.1 Å². The summed E-state index contributed by atoms with van der Waals surface area (Å²) in [5.74, 6) is 2.38. The molecule has 2 aromatic carbocycles. The Morgan fingerprint density at radius 2 is 1.31 bits per heavy atom. The highest BCUT2D eigenvalue weighted by Gasteiger charge is 2.44. The number of hydrogen-bond donors (Lipinski definition) is 0. The summed E-state index contributed by atoms with van der Waals surface area (Å²) in [6.07, 6.45) is 21.2. The van der Waals surface area contributed by atoms with Crippen LogP contribution in [0.25, 0.3) is 0 Å². The Labute approximate surface area is 295 Å². The molecule has 0 bridgehead atoms. The molecular formula is C42H62O7. The van der Waals surface area contributed by atoms with E-state index in [2.05, 4.69) is 6.92 Å². The summed E-state index contributed by atoms with van der Waals surface area (Å²) in [5.41, 5.74) is 2.71. The maximum Gasteiger partial charge on any atom is 0.343 e. The molecule has 7 heteroatoms. The average Bonchev–Trinajstić information content (AvgIpc) is 3.88. The highest BCUT2D eigenvalue weighted by molar-refractivity contribution is 5.91. The van der Waals surface area contributed by atoms with E-state index in [-0.39, 0.29) is 11.4 Å². The van der Waals surface area contributed by atoms with Gasteiger partial charge in [0.1, 0.15) is 17.2 Å². The van der Waals surface area contributed by atoms with Crippen LogP contribution >= 0.6 is 0 Å². The predicted octanol–water partition coefficient (Wildman–Crippen LogP) is 9.97. The Bertz CT molecular complexity index is 1270. The third-order valence-electron chi connectivity index (χ3n) is 10.6. The molecule has 3 atom stereocenters. The van der Waals surface area contributed by atoms with Crippen LogP contribution in [0, 0.1) is 25.2 Å². The Kier molecular flexibility index (Phi) is 15.1. The summed E-state index contributed by atoms with van der Waals surface area (Å²) < 4.78 is 34.6. The lowest BCUT2D eigenvalue weighted by molar-refractivity contribution is -0.137. The number of unbranched alkanes of at least 4 members (excludes halogenated alkanes) is 12. The maximum absolute atomic E-state index is 12.9. The third-order valence-corrected chi connectivity index (χ3v) is 10.6. The molecule has 3 fully saturated rings. The van der Waals surface area contributed by atoms with Crippen molar-refractivity contribution in [1.82, 2.24) is 0 Å². The molecular weight excluding hydrogens is 616 g/mol. The largest absolute Gasteiger partial charge is 0.494 e. The Morgan fingerprint density at radius 3 is 1.92 bits per heavy atom. The van der Waals surface area contributed by atoms with Crippen molar-refractivity contribution in [1.29, 1.82) is 0 Å². The summed E-state index contributed by atoms with van der Waals surface area (Å²) in [7, 11) is 0. The van der Waals surface area contributed by atoms with Crippen molar-refractivity contribution in [2.75, 3.05) is 39.6 Å². The third kappa shape index (κ3) is 12.6. The van der Waals surface area contributed by atoms with Crippen LogP contribution < -0.4 is 14.2 Å². The first-order valence-corrected chi connectivity index (χ1v) is 19.4. The number of rotatable bonds is 24. The van der Waals surface area contributed by atoms with Crippen LogP contribution in [0.5, 0.6) is 17.2 Å². The topological polar surface area (TPSA) is 75.8 Å². The molecule has 3 unspecified atom stereocenters. The quantitative estimate of drug-likeness (QED) is 0.0473. The minimum absolute atomic E-state index is 0.278. The zero-order chi connectivity index (χ0) is 34.3. The SMILES string of the molecule is Cc1c(OCC2CCC3OC3C2)ccc(OC(=O)c2ccc(OCCCCCCCCCCCCCCCOCC3(C)COC3)cc2)c1C. The van der Waals surface area contributed by atoms with E-state index in [1.807, 2.05) is 38.1 Å². The van der Waals surface area contributed by atoms with Gasteiger partial charge in [-0.05, 0) is 99.4 Å². The average molecular weight is 679 g/mol. The number of carbonyl (C=O) groups excluding carboxylic acids is 1. The van der Waals surface area contributed by atoms with E-state index in [1.165, 1.54) is 77.0 Å². The van der Waals surface area contributed by atoms with Crippen molar-refractivity contribution >= 4 is 5.97 Å². The number of fused-ring (bicyclic) bond motifs is 1. The smallest absolute Gasteiger partial charge is 0.343 e. The van der Waals surface area contributed by atoms with Gasteiger partial charge >= 0.3 is 5.97 Å². The summed E-state index contributed by atoms with van der Waals surface area (Å²) >= 11 is 0. The summed E-state index contributed by atoms with van der Waals surface area (Å²) in [6, 6.07) is 11.0. The van der Waals surface area contributed by atoms with Crippen LogP contribution in [0.1, 0.15) is 131 Å². The number of ether oxygens (including phenoxy) is 6. The van der Waals surface area contributed by atoms with Gasteiger partial charge in [-0.15, -0.1) is 0 Å². The molecule has 0 amide bonds. The molecule has 0 aromatic heterocycles. The first-order chi connectivity index (χ1) is 23.9. The Balaban J connectivity index is 0.838. The van der Waals surface area contributed by atoms with Crippen LogP contribution in [0.3, 0.4) is 0 Å². The van der Waals surface area contributed by atoms with E-state index in [4.69, 9.17) is 28.4 Å². The van der Waals surface area contributed by atoms with Gasteiger partial charge in [0, 0.05) is 12.0 Å². The fourth-order valence-electron chi connectivity index (χ4n) is 7.02. The second-order valence-electron chi connectivity index (χ2n) is 15.2. The molecule has 1 aliphatic carbocycles. The zero-order valence-electron chi connectivity index (χ0n) is 30.6. The normalized spacial score (nSPS) is 20.7. The number of esters is 1. The monoisotopic (exact) mass is 678 g/mol. The molecule has 2 heterocycles. The second-order valence-corrected chi connectivity index (χ2v) is 15.2. The van der Waals surface area contributed by atoms with E-state index in [1.54, 1.807) is 12.1 Å². The van der Waals surface area contributed by atoms with Crippen LogP contribution in [0.2, 0.25) is 0 Å². The molecule has 0 spiro atoms. The Hall–Kier alpha value is -2.61. The number of hydrogen-bond acceptors (Lipinski definition) is 7. The summed E-state index contributed by atoms with van der Waals surface area (Å²) in [6.45, 7) is 11.1. The number of carbonyl (C=O) groups is 1. The summed E-state index contributed by atoms with van der Waals surface area (Å²) in [5, 5.41) is 0. The first kappa shape index (κ1) is 37.6. The lowest BCUT2D eigenvalue weighted by Crippen LogP contribution is -2.43. The van der Waals surface area contributed by atoms with Gasteiger partial charge in [0.15, 0.2) is 0 Å². The molecule has 5 rings (SSSR count). The van der Waals surface area contributed by atoms with Crippen molar-refractivity contribution in [2.45, 2.75) is 136 Å². The van der Waals surface area contributed by atoms with E-state index in [0.29, 0.717) is 42.7 Å². The van der Waals surface area contributed by atoms with Crippen molar-refractivity contribution in [3.8, 4) is 17.2 Å². The number of epoxide rings is 1. The summed E-state index contributed by atoms with van der Waals surface area (Å²) in [4.78, 5) is 12.9. The molecule has 0 radical (unpaired) electrons. The number of benzene rings is 2. The van der Waals surface area contributed by atoms with Crippen LogP contribution in [0.15, 0.2) is 36.4 Å². The predicted molar refractivity (Wildman–Crippen MR) is 194 cm³/mol. The van der Waals surface area contributed by atoms with Gasteiger partial charge in [-0.25, -0.2) is 4.79 Å². The fraction of sp³-hybridized carbons (Fsp3) is 0.690. The molecule has 0 N–H and O–H groups in total. The molecule has 3 aliphatic rings. The molecule has 272 valence electrons. The van der Waals surface area contributed by atoms with Crippen LogP contribution in [0.4, 0.5) is 0 Å². The van der Waals surface area contributed by atoms with Crippen LogP contribution in [-0.2, 0) is 14.2 Å². The highest BCUT2D eigenvalue weighted by atomic mass is 16.6. The molecule has 2 aliphatic heterocycles. The Morgan fingerprint density at radius 1 is 0.714 bits per heavy atom. The van der Waals surface area contributed by atoms with Gasteiger partial charge < -0.3 is 28.4 Å². The molecule has 2 saturated heterocycles. The van der Waals surface area contributed by atoms with E-state index in [9.17, 15) is 4.79 Å². The van der Waals surface area contributed by atoms with Gasteiger partial charge in [0.25, 0.3) is 0 Å². The van der Waals surface area contributed by atoms with Gasteiger partial charge in [-0.1, -0.05) is 77.6 Å². The van der Waals surface area contributed by atoms with E-state index in [0.717, 1.165) is 74.7 Å². The standard InChI is InChI=1S/C42H62O7/c1-32-33(2)38(24-23-37(32)47-28-34-17-22-39-40(27-34)48-39)49-41(43)35-18-20-36(21-19-35)46-26-16-14-12-10-8-6-4-5-7-9-11-13-15-25-44-29-42(3)30-45-31-42/h18-21,23-24,34,39-40H,4-17,22,25-31H2,1-3H3. The van der Waals surface area contributed by atoms with Gasteiger partial charge in [-0.3, -0.25) is 0 Å². The van der Waals surface area contributed by atoms with Crippen LogP contribution in [-0.4, -0.2) is 57.8 Å². The lowest BCUT2D eigenvalue weighted by atomic mass is 9.90. The van der Waals surface area contributed by atoms with Gasteiger partial charge in [0.2, 0.25) is 0 Å². The minimum atomic E-state index is -0.370. The maximum atomic E-state index is 12.9. The minimum Gasteiger partial charge on any atom is -0.494 e. The fourth-order valence-corrected chi connectivity index (χ4v) is 7.02. The zero-order valence-corrected chi connectivity index (χ0v) is 30.6. The highest BCUT2D eigenvalue weighted by Crippen LogP contribution is 2.40. The van der Waals surface area contributed by atoms with Crippen molar-refractivity contribution < 1.29 is 33.2 Å².